The van der Waals surface area contributed by atoms with E-state index in [9.17, 15) is 9.18 Å². The fourth-order valence-corrected chi connectivity index (χ4v) is 4.26. The van der Waals surface area contributed by atoms with Crippen LogP contribution < -0.4 is 15.1 Å². The van der Waals surface area contributed by atoms with Gasteiger partial charge in [-0.15, -0.1) is 0 Å². The minimum Gasteiger partial charge on any atom is -0.366 e. The van der Waals surface area contributed by atoms with Crippen LogP contribution in [0.5, 0.6) is 0 Å². The van der Waals surface area contributed by atoms with E-state index in [2.05, 4.69) is 15.1 Å². The highest BCUT2D eigenvalue weighted by Gasteiger charge is 2.27. The molecule has 6 nitrogen and oxygen atoms in total. The minimum absolute atomic E-state index is 0.0932. The number of nitrogens with zero attached hydrogens (tertiary/aromatic N) is 4. The third-order valence-corrected chi connectivity index (χ3v) is 5.86. The van der Waals surface area contributed by atoms with E-state index in [1.807, 2.05) is 42.5 Å². The second-order valence-electron chi connectivity index (χ2n) is 7.89. The van der Waals surface area contributed by atoms with Crippen LogP contribution in [-0.4, -0.2) is 41.9 Å². The van der Waals surface area contributed by atoms with Crippen LogP contribution in [0.1, 0.15) is 28.9 Å². The number of carbonyl (C=O) groups is 1. The zero-order valence-corrected chi connectivity index (χ0v) is 17.2. The van der Waals surface area contributed by atoms with Crippen molar-refractivity contribution in [3.8, 4) is 0 Å². The topological polar surface area (TPSA) is 61.4 Å². The van der Waals surface area contributed by atoms with Crippen LogP contribution >= 0.6 is 0 Å². The number of piperazine rings is 1. The van der Waals surface area contributed by atoms with E-state index in [0.717, 1.165) is 24.2 Å². The first kappa shape index (κ1) is 19.5. The first-order valence-corrected chi connectivity index (χ1v) is 10.7. The SMILES string of the molecule is O=C1CCCc2nc(N3CCN(c4ccccc4F)CC3)nc(Nc3ccccc3)c21. The average molecular weight is 417 g/mol. The molecule has 2 heterocycles. The average Bonchev–Trinajstić information content (AvgIpc) is 2.80. The van der Waals surface area contributed by atoms with Crippen molar-refractivity contribution in [1.29, 1.82) is 0 Å². The Bertz CT molecular complexity index is 1100. The number of para-hydroxylation sites is 2. The highest BCUT2D eigenvalue weighted by Crippen LogP contribution is 2.30. The van der Waals surface area contributed by atoms with E-state index in [1.165, 1.54) is 6.07 Å². The van der Waals surface area contributed by atoms with Crippen molar-refractivity contribution in [2.75, 3.05) is 41.3 Å². The van der Waals surface area contributed by atoms with Crippen molar-refractivity contribution in [2.45, 2.75) is 19.3 Å². The van der Waals surface area contributed by atoms with Crippen LogP contribution in [0.2, 0.25) is 0 Å². The molecule has 1 aliphatic heterocycles. The summed E-state index contributed by atoms with van der Waals surface area (Å²) < 4.78 is 14.2. The lowest BCUT2D eigenvalue weighted by atomic mass is 9.95. The van der Waals surface area contributed by atoms with Gasteiger partial charge in [-0.3, -0.25) is 4.79 Å². The number of hydrogen-bond donors (Lipinski definition) is 1. The highest BCUT2D eigenvalue weighted by atomic mass is 19.1. The molecule has 2 aliphatic rings. The van der Waals surface area contributed by atoms with Gasteiger partial charge in [0.25, 0.3) is 0 Å². The summed E-state index contributed by atoms with van der Waals surface area (Å²) in [7, 11) is 0. The molecule has 2 aromatic carbocycles. The second-order valence-corrected chi connectivity index (χ2v) is 7.89. The number of rotatable bonds is 4. The Kier molecular flexibility index (Phi) is 5.24. The van der Waals surface area contributed by atoms with Gasteiger partial charge in [0.1, 0.15) is 11.6 Å². The van der Waals surface area contributed by atoms with Crippen LogP contribution in [0.4, 0.5) is 27.5 Å². The molecule has 31 heavy (non-hydrogen) atoms. The molecule has 0 amide bonds. The molecule has 0 spiro atoms. The Hall–Kier alpha value is -3.48. The number of anilines is 4. The predicted octanol–water partition coefficient (Wildman–Crippen LogP) is 4.20. The van der Waals surface area contributed by atoms with Gasteiger partial charge >= 0.3 is 0 Å². The molecule has 1 saturated heterocycles. The van der Waals surface area contributed by atoms with Crippen LogP contribution in [0.15, 0.2) is 54.6 Å². The first-order valence-electron chi connectivity index (χ1n) is 10.7. The van der Waals surface area contributed by atoms with Crippen molar-refractivity contribution in [1.82, 2.24) is 9.97 Å². The molecular weight excluding hydrogens is 393 g/mol. The number of carbonyl (C=O) groups excluding carboxylic acids is 1. The fourth-order valence-electron chi connectivity index (χ4n) is 4.26. The van der Waals surface area contributed by atoms with Gasteiger partial charge in [-0.05, 0) is 37.1 Å². The minimum atomic E-state index is -0.200. The Morgan fingerprint density at radius 2 is 1.55 bits per heavy atom. The maximum atomic E-state index is 14.2. The third-order valence-electron chi connectivity index (χ3n) is 5.86. The molecular formula is C24H24FN5O. The molecule has 0 radical (unpaired) electrons. The fraction of sp³-hybridized carbons (Fsp3) is 0.292. The Morgan fingerprint density at radius 3 is 2.32 bits per heavy atom. The monoisotopic (exact) mass is 417 g/mol. The molecule has 0 atom stereocenters. The quantitative estimate of drug-likeness (QED) is 0.686. The molecule has 1 N–H and O–H groups in total. The molecule has 0 unspecified atom stereocenters. The molecule has 1 fully saturated rings. The highest BCUT2D eigenvalue weighted by molar-refractivity contribution is 6.03. The smallest absolute Gasteiger partial charge is 0.227 e. The molecule has 158 valence electrons. The summed E-state index contributed by atoms with van der Waals surface area (Å²) in [4.78, 5) is 26.3. The largest absolute Gasteiger partial charge is 0.366 e. The van der Waals surface area contributed by atoms with Crippen molar-refractivity contribution in [2.24, 2.45) is 0 Å². The predicted molar refractivity (Wildman–Crippen MR) is 120 cm³/mol. The number of benzene rings is 2. The van der Waals surface area contributed by atoms with Crippen LogP contribution in [0.3, 0.4) is 0 Å². The van der Waals surface area contributed by atoms with Crippen LogP contribution in [0, 0.1) is 5.82 Å². The Morgan fingerprint density at radius 1 is 0.839 bits per heavy atom. The summed E-state index contributed by atoms with van der Waals surface area (Å²) >= 11 is 0. The number of aromatic nitrogens is 2. The van der Waals surface area contributed by atoms with Gasteiger partial charge in [0, 0.05) is 38.3 Å². The summed E-state index contributed by atoms with van der Waals surface area (Å²) in [6.45, 7) is 2.74. The zero-order valence-electron chi connectivity index (χ0n) is 17.2. The molecule has 7 heteroatoms. The lowest BCUT2D eigenvalue weighted by Gasteiger charge is -2.36. The summed E-state index contributed by atoms with van der Waals surface area (Å²) in [6, 6.07) is 16.6. The van der Waals surface area contributed by atoms with E-state index in [-0.39, 0.29) is 11.6 Å². The van der Waals surface area contributed by atoms with E-state index < -0.39 is 0 Å². The number of aryl methyl sites for hydroxylation is 1. The van der Waals surface area contributed by atoms with E-state index in [4.69, 9.17) is 9.97 Å². The van der Waals surface area contributed by atoms with Gasteiger partial charge in [-0.1, -0.05) is 30.3 Å². The Balaban J connectivity index is 1.41. The maximum Gasteiger partial charge on any atom is 0.227 e. The summed E-state index contributed by atoms with van der Waals surface area (Å²) in [6.07, 6.45) is 2.11. The standard InChI is InChI=1S/C24H24FN5O/c25-18-9-4-5-11-20(18)29-13-15-30(16-14-29)24-27-19-10-6-12-21(31)22(19)23(28-24)26-17-7-2-1-3-8-17/h1-5,7-9,11H,6,10,12-16H2,(H,26,27,28). The van der Waals surface area contributed by atoms with Crippen LogP contribution in [0.25, 0.3) is 0 Å². The van der Waals surface area contributed by atoms with Gasteiger partial charge in [0.15, 0.2) is 5.78 Å². The van der Waals surface area contributed by atoms with E-state index >= 15 is 0 Å². The van der Waals surface area contributed by atoms with Crippen molar-refractivity contribution < 1.29 is 9.18 Å². The van der Waals surface area contributed by atoms with Gasteiger partial charge in [-0.2, -0.15) is 4.98 Å². The van der Waals surface area contributed by atoms with Gasteiger partial charge in [-0.25, -0.2) is 9.37 Å². The number of nitrogens with one attached hydrogen (secondary N) is 1. The van der Waals surface area contributed by atoms with E-state index in [1.54, 1.807) is 6.07 Å². The second kappa shape index (κ2) is 8.34. The number of fused-ring (bicyclic) bond motifs is 1. The lowest BCUT2D eigenvalue weighted by Crippen LogP contribution is -2.47. The number of halogens is 1. The van der Waals surface area contributed by atoms with Crippen LogP contribution in [-0.2, 0) is 6.42 Å². The summed E-state index contributed by atoms with van der Waals surface area (Å²) in [5.41, 5.74) is 2.95. The molecule has 3 aromatic rings. The number of ketones is 1. The molecule has 1 aromatic heterocycles. The van der Waals surface area contributed by atoms with Crippen molar-refractivity contribution in [3.05, 3.63) is 71.7 Å². The molecule has 0 bridgehead atoms. The Labute approximate surface area is 180 Å². The summed E-state index contributed by atoms with van der Waals surface area (Å²) in [5, 5.41) is 3.33. The third kappa shape index (κ3) is 3.95. The van der Waals surface area contributed by atoms with Gasteiger partial charge < -0.3 is 15.1 Å². The van der Waals surface area contributed by atoms with Gasteiger partial charge in [0.2, 0.25) is 5.95 Å². The van der Waals surface area contributed by atoms with Crippen molar-refractivity contribution >= 4 is 28.9 Å². The summed E-state index contributed by atoms with van der Waals surface area (Å²) in [5.74, 6) is 1.09. The normalized spacial score (nSPS) is 16.2. The number of hydrogen-bond acceptors (Lipinski definition) is 6. The molecule has 5 rings (SSSR count). The van der Waals surface area contributed by atoms with E-state index in [0.29, 0.717) is 55.6 Å². The molecule has 1 aliphatic carbocycles. The molecule has 0 saturated carbocycles. The van der Waals surface area contributed by atoms with Crippen molar-refractivity contribution in [3.63, 3.8) is 0 Å². The van der Waals surface area contributed by atoms with Gasteiger partial charge in [0.05, 0.1) is 16.9 Å². The maximum absolute atomic E-state index is 14.2. The lowest BCUT2D eigenvalue weighted by molar-refractivity contribution is 0.0972. The first-order chi connectivity index (χ1) is 15.2. The zero-order chi connectivity index (χ0) is 21.2. The number of Topliss-reactive ketones (excluding diaryl/α,β-unsaturated/α-hetero) is 1.